The normalized spacial score (nSPS) is 9.83. The molecule has 18 heavy (non-hydrogen) atoms. The van der Waals surface area contributed by atoms with Crippen molar-refractivity contribution in [2.24, 2.45) is 0 Å². The topological polar surface area (TPSA) is 55.8 Å². The van der Waals surface area contributed by atoms with Gasteiger partial charge in [-0.25, -0.2) is 4.79 Å². The smallest absolute Gasteiger partial charge is 0.343 e. The second-order valence-corrected chi connectivity index (χ2v) is 3.59. The van der Waals surface area contributed by atoms with Crippen molar-refractivity contribution in [3.05, 3.63) is 54.1 Å². The lowest BCUT2D eigenvalue weighted by Crippen LogP contribution is -2.08. The van der Waals surface area contributed by atoms with Crippen molar-refractivity contribution in [3.8, 4) is 17.2 Å². The van der Waals surface area contributed by atoms with Crippen LogP contribution in [-0.2, 0) is 0 Å². The molecule has 0 saturated carbocycles. The Bertz CT molecular complexity index is 563. The monoisotopic (exact) mass is 244 g/mol. The third kappa shape index (κ3) is 2.60. The molecular weight excluding hydrogens is 232 g/mol. The summed E-state index contributed by atoms with van der Waals surface area (Å²) >= 11 is 0. The lowest BCUT2D eigenvalue weighted by molar-refractivity contribution is 0.0729. The minimum absolute atomic E-state index is 0.0752. The van der Waals surface area contributed by atoms with E-state index in [9.17, 15) is 9.90 Å². The minimum atomic E-state index is -0.546. The van der Waals surface area contributed by atoms with E-state index in [-0.39, 0.29) is 11.5 Å². The highest BCUT2D eigenvalue weighted by Crippen LogP contribution is 2.25. The number of methoxy groups -OCH3 is 1. The highest BCUT2D eigenvalue weighted by molar-refractivity contribution is 5.91. The van der Waals surface area contributed by atoms with E-state index < -0.39 is 5.97 Å². The summed E-state index contributed by atoms with van der Waals surface area (Å²) in [5, 5.41) is 9.51. The number of aromatic hydroxyl groups is 1. The molecule has 4 heteroatoms. The molecule has 0 spiro atoms. The Morgan fingerprint density at radius 2 is 1.89 bits per heavy atom. The van der Waals surface area contributed by atoms with E-state index in [2.05, 4.69) is 0 Å². The maximum Gasteiger partial charge on any atom is 0.343 e. The second-order valence-electron chi connectivity index (χ2n) is 3.59. The molecule has 0 aliphatic heterocycles. The van der Waals surface area contributed by atoms with E-state index in [4.69, 9.17) is 9.47 Å². The largest absolute Gasteiger partial charge is 0.504 e. The molecule has 92 valence electrons. The van der Waals surface area contributed by atoms with Crippen LogP contribution in [0.2, 0.25) is 0 Å². The second kappa shape index (κ2) is 5.23. The standard InChI is InChI=1S/C14H12O4/c1-17-11-6-4-5-10(9-11)14(16)18-13-8-3-2-7-12(13)15/h2-9,15H,1H3. The summed E-state index contributed by atoms with van der Waals surface area (Å²) < 4.78 is 10.1. The van der Waals surface area contributed by atoms with Gasteiger partial charge in [0.25, 0.3) is 0 Å². The molecular formula is C14H12O4. The lowest BCUT2D eigenvalue weighted by Gasteiger charge is -2.06. The fourth-order valence-electron chi connectivity index (χ4n) is 1.45. The summed E-state index contributed by atoms with van der Waals surface area (Å²) in [6, 6.07) is 12.9. The number of rotatable bonds is 3. The van der Waals surface area contributed by atoms with Crippen molar-refractivity contribution in [2.45, 2.75) is 0 Å². The highest BCUT2D eigenvalue weighted by atomic mass is 16.5. The van der Waals surface area contributed by atoms with Gasteiger partial charge in [0.2, 0.25) is 0 Å². The fourth-order valence-corrected chi connectivity index (χ4v) is 1.45. The number of para-hydroxylation sites is 2. The summed E-state index contributed by atoms with van der Waals surface area (Å²) in [5.74, 6) is 0.0798. The summed E-state index contributed by atoms with van der Waals surface area (Å²) in [7, 11) is 1.52. The van der Waals surface area contributed by atoms with Gasteiger partial charge in [-0.1, -0.05) is 18.2 Å². The Balaban J connectivity index is 2.19. The summed E-state index contributed by atoms with van der Waals surface area (Å²) in [6.45, 7) is 0. The van der Waals surface area contributed by atoms with E-state index in [1.807, 2.05) is 0 Å². The van der Waals surface area contributed by atoms with Gasteiger partial charge in [-0.2, -0.15) is 0 Å². The van der Waals surface area contributed by atoms with Crippen molar-refractivity contribution in [2.75, 3.05) is 7.11 Å². The van der Waals surface area contributed by atoms with E-state index in [0.717, 1.165) is 0 Å². The number of hydrogen-bond acceptors (Lipinski definition) is 4. The molecule has 0 fully saturated rings. The Labute approximate surface area is 104 Å². The molecule has 4 nitrogen and oxygen atoms in total. The maximum atomic E-state index is 11.8. The van der Waals surface area contributed by atoms with Crippen molar-refractivity contribution in [1.29, 1.82) is 0 Å². The molecule has 0 atom stereocenters. The Morgan fingerprint density at radius 3 is 2.61 bits per heavy atom. The van der Waals surface area contributed by atoms with Gasteiger partial charge in [-0.3, -0.25) is 0 Å². The Hall–Kier alpha value is -2.49. The molecule has 0 aliphatic rings. The SMILES string of the molecule is COc1cccc(C(=O)Oc2ccccc2O)c1. The number of carbonyl (C=O) groups excluding carboxylic acids is 1. The van der Waals surface area contributed by atoms with Crippen LogP contribution in [0.15, 0.2) is 48.5 Å². The highest BCUT2D eigenvalue weighted by Gasteiger charge is 2.11. The first kappa shape index (κ1) is 12.0. The number of benzene rings is 2. The van der Waals surface area contributed by atoms with Crippen LogP contribution in [0.25, 0.3) is 0 Å². The quantitative estimate of drug-likeness (QED) is 0.666. The predicted octanol–water partition coefficient (Wildman–Crippen LogP) is 2.62. The van der Waals surface area contributed by atoms with E-state index in [1.165, 1.54) is 19.2 Å². The Kier molecular flexibility index (Phi) is 3.48. The summed E-state index contributed by atoms with van der Waals surface area (Å²) in [6.07, 6.45) is 0. The molecule has 0 aromatic heterocycles. The molecule has 2 aromatic rings. The zero-order valence-corrected chi connectivity index (χ0v) is 9.79. The number of esters is 1. The molecule has 0 aliphatic carbocycles. The van der Waals surface area contributed by atoms with Crippen LogP contribution in [0.4, 0.5) is 0 Å². The first-order valence-electron chi connectivity index (χ1n) is 5.35. The molecule has 2 aromatic carbocycles. The third-order valence-electron chi connectivity index (χ3n) is 2.37. The van der Waals surface area contributed by atoms with Gasteiger partial charge < -0.3 is 14.6 Å². The van der Waals surface area contributed by atoms with Crippen molar-refractivity contribution in [3.63, 3.8) is 0 Å². The zero-order valence-electron chi connectivity index (χ0n) is 9.79. The molecule has 0 saturated heterocycles. The molecule has 1 N–H and O–H groups in total. The van der Waals surface area contributed by atoms with Crippen molar-refractivity contribution >= 4 is 5.97 Å². The third-order valence-corrected chi connectivity index (χ3v) is 2.37. The average Bonchev–Trinajstić information content (AvgIpc) is 2.41. The van der Waals surface area contributed by atoms with Crippen LogP contribution >= 0.6 is 0 Å². The van der Waals surface area contributed by atoms with Crippen LogP contribution in [0, 0.1) is 0 Å². The zero-order chi connectivity index (χ0) is 13.0. The minimum Gasteiger partial charge on any atom is -0.504 e. The first-order chi connectivity index (χ1) is 8.70. The number of carbonyl (C=O) groups is 1. The van der Waals surface area contributed by atoms with E-state index >= 15 is 0 Å². The molecule has 0 unspecified atom stereocenters. The van der Waals surface area contributed by atoms with Gasteiger partial charge in [0, 0.05) is 0 Å². The Morgan fingerprint density at radius 1 is 1.11 bits per heavy atom. The predicted molar refractivity (Wildman–Crippen MR) is 66.1 cm³/mol. The van der Waals surface area contributed by atoms with Gasteiger partial charge in [-0.15, -0.1) is 0 Å². The van der Waals surface area contributed by atoms with Gasteiger partial charge in [0.15, 0.2) is 11.5 Å². The van der Waals surface area contributed by atoms with Crippen LogP contribution in [0.3, 0.4) is 0 Å². The first-order valence-corrected chi connectivity index (χ1v) is 5.35. The molecule has 0 heterocycles. The fraction of sp³-hybridized carbons (Fsp3) is 0.0714. The van der Waals surface area contributed by atoms with Crippen molar-refractivity contribution < 1.29 is 19.4 Å². The van der Waals surface area contributed by atoms with Gasteiger partial charge >= 0.3 is 5.97 Å². The molecule has 0 bridgehead atoms. The van der Waals surface area contributed by atoms with Gasteiger partial charge in [0.1, 0.15) is 5.75 Å². The van der Waals surface area contributed by atoms with Crippen LogP contribution in [-0.4, -0.2) is 18.2 Å². The molecule has 2 rings (SSSR count). The van der Waals surface area contributed by atoms with Crippen LogP contribution in [0.5, 0.6) is 17.2 Å². The number of phenolic OH excluding ortho intramolecular Hbond substituents is 1. The van der Waals surface area contributed by atoms with Crippen LogP contribution in [0.1, 0.15) is 10.4 Å². The summed E-state index contributed by atoms with van der Waals surface area (Å²) in [5.41, 5.74) is 0.359. The average molecular weight is 244 g/mol. The van der Waals surface area contributed by atoms with Crippen molar-refractivity contribution in [1.82, 2.24) is 0 Å². The lowest BCUT2D eigenvalue weighted by atomic mass is 10.2. The maximum absolute atomic E-state index is 11.8. The van der Waals surface area contributed by atoms with Gasteiger partial charge in [-0.05, 0) is 30.3 Å². The molecule has 0 radical (unpaired) electrons. The molecule has 0 amide bonds. The number of hydrogen-bond donors (Lipinski definition) is 1. The van der Waals surface area contributed by atoms with E-state index in [0.29, 0.717) is 11.3 Å². The number of ether oxygens (including phenoxy) is 2. The van der Waals surface area contributed by atoms with Crippen LogP contribution < -0.4 is 9.47 Å². The van der Waals surface area contributed by atoms with Gasteiger partial charge in [0.05, 0.1) is 12.7 Å². The van der Waals surface area contributed by atoms with E-state index in [1.54, 1.807) is 36.4 Å². The summed E-state index contributed by atoms with van der Waals surface area (Å²) in [4.78, 5) is 11.8. The number of phenols is 1.